The van der Waals surface area contributed by atoms with E-state index in [4.69, 9.17) is 10.5 Å². The minimum Gasteiger partial charge on any atom is -0.357 e. The van der Waals surface area contributed by atoms with Crippen molar-refractivity contribution in [1.82, 2.24) is 10.6 Å². The molecule has 0 bridgehead atoms. The lowest BCUT2D eigenvalue weighted by atomic mass is 10.4. The van der Waals surface area contributed by atoms with E-state index in [0.717, 1.165) is 0 Å². The number of nitriles is 2. The molecule has 0 saturated carbocycles. The molecular formula is C5H4N4. The standard InChI is InChI=1S/C5H4N4/c6-1-4-5(2-7)9-3-8-4/h8-9H,3H2. The third-order valence-corrected chi connectivity index (χ3v) is 1.00. The van der Waals surface area contributed by atoms with Crippen molar-refractivity contribution in [2.24, 2.45) is 0 Å². The van der Waals surface area contributed by atoms with Crippen LogP contribution >= 0.6 is 0 Å². The molecule has 44 valence electrons. The molecule has 0 spiro atoms. The highest BCUT2D eigenvalue weighted by Crippen LogP contribution is 1.98. The van der Waals surface area contributed by atoms with E-state index in [0.29, 0.717) is 18.1 Å². The SMILES string of the molecule is N#CC1=C(C#N)NCN1. The molecule has 1 aliphatic rings. The van der Waals surface area contributed by atoms with Gasteiger partial charge in [0.15, 0.2) is 0 Å². The topological polar surface area (TPSA) is 71.6 Å². The Labute approximate surface area is 52.4 Å². The first-order valence-corrected chi connectivity index (χ1v) is 2.40. The molecule has 0 aromatic carbocycles. The summed E-state index contributed by atoms with van der Waals surface area (Å²) in [5.41, 5.74) is 0.662. The van der Waals surface area contributed by atoms with Crippen LogP contribution in [0.15, 0.2) is 11.4 Å². The van der Waals surface area contributed by atoms with Crippen LogP contribution in [0.4, 0.5) is 0 Å². The van der Waals surface area contributed by atoms with Gasteiger partial charge < -0.3 is 10.6 Å². The zero-order chi connectivity index (χ0) is 6.69. The Hall–Kier alpha value is -1.68. The minimum absolute atomic E-state index is 0.331. The van der Waals surface area contributed by atoms with Crippen molar-refractivity contribution in [1.29, 1.82) is 10.5 Å². The molecule has 0 radical (unpaired) electrons. The van der Waals surface area contributed by atoms with Gasteiger partial charge in [-0.05, 0) is 0 Å². The summed E-state index contributed by atoms with van der Waals surface area (Å²) in [6.45, 7) is 0.478. The highest BCUT2D eigenvalue weighted by molar-refractivity contribution is 5.36. The van der Waals surface area contributed by atoms with Crippen LogP contribution in [0.3, 0.4) is 0 Å². The van der Waals surface area contributed by atoms with E-state index in [-0.39, 0.29) is 0 Å². The Kier molecular flexibility index (Phi) is 1.25. The Morgan fingerprint density at radius 2 is 1.56 bits per heavy atom. The maximum atomic E-state index is 8.31. The lowest BCUT2D eigenvalue weighted by Gasteiger charge is -1.85. The van der Waals surface area contributed by atoms with Crippen LogP contribution in [-0.4, -0.2) is 6.67 Å². The summed E-state index contributed by atoms with van der Waals surface area (Å²) in [6, 6.07) is 3.70. The summed E-state index contributed by atoms with van der Waals surface area (Å²) in [7, 11) is 0. The van der Waals surface area contributed by atoms with Crippen molar-refractivity contribution in [3.8, 4) is 12.1 Å². The summed E-state index contributed by atoms with van der Waals surface area (Å²) in [4.78, 5) is 0. The summed E-state index contributed by atoms with van der Waals surface area (Å²) in [5.74, 6) is 0. The lowest BCUT2D eigenvalue weighted by Crippen LogP contribution is -2.14. The van der Waals surface area contributed by atoms with Crippen molar-refractivity contribution in [3.63, 3.8) is 0 Å². The number of allylic oxidation sites excluding steroid dienone is 2. The third kappa shape index (κ3) is 0.777. The van der Waals surface area contributed by atoms with E-state index in [1.54, 1.807) is 0 Å². The molecular weight excluding hydrogens is 116 g/mol. The fraction of sp³-hybridized carbons (Fsp3) is 0.200. The first kappa shape index (κ1) is 5.46. The van der Waals surface area contributed by atoms with E-state index in [2.05, 4.69) is 10.6 Å². The van der Waals surface area contributed by atoms with Gasteiger partial charge in [-0.2, -0.15) is 10.5 Å². The zero-order valence-electron chi connectivity index (χ0n) is 4.60. The molecule has 4 nitrogen and oxygen atoms in total. The summed E-state index contributed by atoms with van der Waals surface area (Å²) >= 11 is 0. The van der Waals surface area contributed by atoms with Gasteiger partial charge in [0, 0.05) is 0 Å². The van der Waals surface area contributed by atoms with E-state index in [1.165, 1.54) is 0 Å². The van der Waals surface area contributed by atoms with Gasteiger partial charge in [-0.1, -0.05) is 0 Å². The van der Waals surface area contributed by atoms with Crippen LogP contribution in [0.2, 0.25) is 0 Å². The van der Waals surface area contributed by atoms with Gasteiger partial charge in [0.1, 0.15) is 23.5 Å². The molecule has 9 heavy (non-hydrogen) atoms. The third-order valence-electron chi connectivity index (χ3n) is 1.00. The Balaban J connectivity index is 2.90. The van der Waals surface area contributed by atoms with Crippen LogP contribution < -0.4 is 10.6 Å². The van der Waals surface area contributed by atoms with E-state index in [9.17, 15) is 0 Å². The van der Waals surface area contributed by atoms with Crippen molar-refractivity contribution in [2.45, 2.75) is 0 Å². The largest absolute Gasteiger partial charge is 0.357 e. The normalized spacial score (nSPS) is 15.3. The lowest BCUT2D eigenvalue weighted by molar-refractivity contribution is 0.814. The molecule has 0 aliphatic carbocycles. The predicted octanol–water partition coefficient (Wildman–Crippen LogP) is -0.605. The van der Waals surface area contributed by atoms with Crippen LogP contribution in [0, 0.1) is 22.7 Å². The molecule has 0 aromatic heterocycles. The van der Waals surface area contributed by atoms with E-state index < -0.39 is 0 Å². The molecule has 1 aliphatic heterocycles. The molecule has 0 fully saturated rings. The summed E-state index contributed by atoms with van der Waals surface area (Å²) in [5, 5.41) is 22.0. The number of rotatable bonds is 0. The zero-order valence-corrected chi connectivity index (χ0v) is 4.60. The number of nitrogens with one attached hydrogen (secondary N) is 2. The fourth-order valence-corrected chi connectivity index (χ4v) is 0.589. The average Bonchev–Trinajstić information content (AvgIpc) is 2.33. The maximum Gasteiger partial charge on any atom is 0.149 e. The molecule has 1 heterocycles. The van der Waals surface area contributed by atoms with E-state index in [1.807, 2.05) is 12.1 Å². The second-order valence-corrected chi connectivity index (χ2v) is 1.50. The highest BCUT2D eigenvalue weighted by Gasteiger charge is 2.10. The quantitative estimate of drug-likeness (QED) is 0.447. The average molecular weight is 120 g/mol. The van der Waals surface area contributed by atoms with Gasteiger partial charge in [-0.25, -0.2) is 0 Å². The molecule has 0 aromatic rings. The maximum absolute atomic E-state index is 8.31. The van der Waals surface area contributed by atoms with Gasteiger partial charge in [0.2, 0.25) is 0 Å². The molecule has 0 saturated heterocycles. The minimum atomic E-state index is 0.331. The van der Waals surface area contributed by atoms with Crippen molar-refractivity contribution >= 4 is 0 Å². The van der Waals surface area contributed by atoms with Crippen molar-refractivity contribution in [3.05, 3.63) is 11.4 Å². The molecule has 4 heteroatoms. The monoisotopic (exact) mass is 120 g/mol. The summed E-state index contributed by atoms with van der Waals surface area (Å²) < 4.78 is 0. The van der Waals surface area contributed by atoms with Crippen LogP contribution in [0.25, 0.3) is 0 Å². The van der Waals surface area contributed by atoms with Gasteiger partial charge in [-0.15, -0.1) is 0 Å². The van der Waals surface area contributed by atoms with Gasteiger partial charge in [0.05, 0.1) is 6.67 Å². The Morgan fingerprint density at radius 1 is 1.11 bits per heavy atom. The van der Waals surface area contributed by atoms with Gasteiger partial charge in [-0.3, -0.25) is 0 Å². The first-order valence-electron chi connectivity index (χ1n) is 2.40. The highest BCUT2D eigenvalue weighted by atomic mass is 15.1. The van der Waals surface area contributed by atoms with Gasteiger partial charge in [0.25, 0.3) is 0 Å². The molecule has 0 amide bonds. The van der Waals surface area contributed by atoms with E-state index >= 15 is 0 Å². The van der Waals surface area contributed by atoms with Crippen LogP contribution in [0.5, 0.6) is 0 Å². The second-order valence-electron chi connectivity index (χ2n) is 1.50. The fourth-order valence-electron chi connectivity index (χ4n) is 0.589. The van der Waals surface area contributed by atoms with Gasteiger partial charge >= 0.3 is 0 Å². The summed E-state index contributed by atoms with van der Waals surface area (Å²) in [6.07, 6.45) is 0. The number of hydrogen-bond acceptors (Lipinski definition) is 4. The number of nitrogens with zero attached hydrogens (tertiary/aromatic N) is 2. The smallest absolute Gasteiger partial charge is 0.149 e. The second kappa shape index (κ2) is 2.06. The Bertz CT molecular complexity index is 202. The molecule has 1 rings (SSSR count). The first-order chi connectivity index (χ1) is 4.38. The number of hydrogen-bond donors (Lipinski definition) is 2. The Morgan fingerprint density at radius 3 is 1.89 bits per heavy atom. The van der Waals surface area contributed by atoms with Crippen molar-refractivity contribution in [2.75, 3.05) is 6.67 Å². The molecule has 0 unspecified atom stereocenters. The predicted molar refractivity (Wildman–Crippen MR) is 29.4 cm³/mol. The molecule has 2 N–H and O–H groups in total. The van der Waals surface area contributed by atoms with Crippen LogP contribution in [-0.2, 0) is 0 Å². The van der Waals surface area contributed by atoms with Crippen molar-refractivity contribution < 1.29 is 0 Å². The molecule has 0 atom stereocenters. The van der Waals surface area contributed by atoms with Crippen LogP contribution in [0.1, 0.15) is 0 Å².